The van der Waals surface area contributed by atoms with Gasteiger partial charge in [0.2, 0.25) is 10.0 Å². The number of nitrogens with zero attached hydrogens (tertiary/aromatic N) is 2. The molecule has 1 atom stereocenters. The molecule has 1 amide bonds. The predicted octanol–water partition coefficient (Wildman–Crippen LogP) is 2.52. The van der Waals surface area contributed by atoms with Gasteiger partial charge in [-0.25, -0.2) is 8.42 Å². The van der Waals surface area contributed by atoms with E-state index in [4.69, 9.17) is 20.8 Å². The second-order valence-corrected chi connectivity index (χ2v) is 9.96. The summed E-state index contributed by atoms with van der Waals surface area (Å²) in [6.07, 6.45) is 3.86. The number of sulfonamides is 1. The van der Waals surface area contributed by atoms with Crippen LogP contribution in [-0.2, 0) is 14.8 Å². The van der Waals surface area contributed by atoms with E-state index in [0.717, 1.165) is 31.7 Å². The minimum atomic E-state index is -3.81. The Balaban J connectivity index is 1.50. The molecular weight excluding hydrogens is 442 g/mol. The van der Waals surface area contributed by atoms with E-state index in [2.05, 4.69) is 10.2 Å². The van der Waals surface area contributed by atoms with E-state index in [-0.39, 0.29) is 40.5 Å². The molecule has 0 aliphatic carbocycles. The van der Waals surface area contributed by atoms with Crippen molar-refractivity contribution in [1.82, 2.24) is 14.5 Å². The largest absolute Gasteiger partial charge is 0.468 e. The van der Waals surface area contributed by atoms with Crippen LogP contribution in [0.5, 0.6) is 0 Å². The third-order valence-corrected chi connectivity index (χ3v) is 8.07. The van der Waals surface area contributed by atoms with Gasteiger partial charge in [0.25, 0.3) is 5.91 Å². The molecule has 2 aliphatic heterocycles. The molecule has 3 heterocycles. The van der Waals surface area contributed by atoms with Gasteiger partial charge in [-0.15, -0.1) is 0 Å². The van der Waals surface area contributed by atoms with E-state index in [1.807, 2.05) is 12.1 Å². The molecule has 0 saturated carbocycles. The van der Waals surface area contributed by atoms with Crippen LogP contribution in [0.25, 0.3) is 0 Å². The Labute approximate surface area is 187 Å². The molecule has 2 aliphatic rings. The second-order valence-electron chi connectivity index (χ2n) is 7.65. The summed E-state index contributed by atoms with van der Waals surface area (Å²) in [6, 6.07) is 8.01. The Morgan fingerprint density at radius 3 is 2.55 bits per heavy atom. The zero-order valence-corrected chi connectivity index (χ0v) is 18.7. The predicted molar refractivity (Wildman–Crippen MR) is 116 cm³/mol. The van der Waals surface area contributed by atoms with Crippen molar-refractivity contribution in [3.8, 4) is 0 Å². The van der Waals surface area contributed by atoms with Crippen LogP contribution >= 0.6 is 11.6 Å². The van der Waals surface area contributed by atoms with Crippen LogP contribution in [0.4, 0.5) is 0 Å². The number of hydrogen-bond donors (Lipinski definition) is 1. The molecule has 1 aromatic carbocycles. The van der Waals surface area contributed by atoms with Crippen molar-refractivity contribution in [1.29, 1.82) is 0 Å². The highest BCUT2D eigenvalue weighted by atomic mass is 35.5. The molecule has 0 spiro atoms. The number of halogens is 1. The molecule has 0 bridgehead atoms. The maximum Gasteiger partial charge on any atom is 0.251 e. The molecule has 31 heavy (non-hydrogen) atoms. The number of furan rings is 1. The van der Waals surface area contributed by atoms with Crippen LogP contribution in [-0.4, -0.2) is 69.5 Å². The van der Waals surface area contributed by atoms with Crippen molar-refractivity contribution in [3.63, 3.8) is 0 Å². The summed E-state index contributed by atoms with van der Waals surface area (Å²) in [4.78, 5) is 15.1. The first kappa shape index (κ1) is 22.3. The van der Waals surface area contributed by atoms with Gasteiger partial charge in [0, 0.05) is 25.2 Å². The molecule has 10 heteroatoms. The highest BCUT2D eigenvalue weighted by Crippen LogP contribution is 2.27. The van der Waals surface area contributed by atoms with Crippen molar-refractivity contribution < 1.29 is 22.4 Å². The van der Waals surface area contributed by atoms with E-state index in [9.17, 15) is 13.2 Å². The highest BCUT2D eigenvalue weighted by molar-refractivity contribution is 7.89. The van der Waals surface area contributed by atoms with Crippen molar-refractivity contribution in [2.75, 3.05) is 45.9 Å². The number of nitrogens with one attached hydrogen (secondary N) is 1. The first-order valence-corrected chi connectivity index (χ1v) is 12.2. The Hall–Kier alpha value is -1.91. The number of carbonyl (C=O) groups is 1. The van der Waals surface area contributed by atoms with E-state index < -0.39 is 10.0 Å². The maximum atomic E-state index is 13.0. The van der Waals surface area contributed by atoms with E-state index in [0.29, 0.717) is 19.8 Å². The number of carbonyl (C=O) groups excluding carboxylic acids is 1. The van der Waals surface area contributed by atoms with Gasteiger partial charge in [-0.3, -0.25) is 9.69 Å². The number of benzene rings is 1. The SMILES string of the molecule is O=C(NCC(c1ccco1)N1CCCC1)c1ccc(Cl)c(S(=O)(=O)N2CCOCC2)c1. The van der Waals surface area contributed by atoms with Gasteiger partial charge in [-0.05, 0) is 56.3 Å². The van der Waals surface area contributed by atoms with Crippen LogP contribution < -0.4 is 5.32 Å². The van der Waals surface area contributed by atoms with Gasteiger partial charge in [-0.2, -0.15) is 4.31 Å². The third-order valence-electron chi connectivity index (χ3n) is 5.69. The monoisotopic (exact) mass is 467 g/mol. The van der Waals surface area contributed by atoms with Crippen molar-refractivity contribution in [2.45, 2.75) is 23.8 Å². The average Bonchev–Trinajstić information content (AvgIpc) is 3.50. The second kappa shape index (κ2) is 9.70. The highest BCUT2D eigenvalue weighted by Gasteiger charge is 2.30. The standard InChI is InChI=1S/C21H26ClN3O5S/c22-17-6-5-16(14-20(17)31(27,28)25-9-12-29-13-10-25)21(26)23-15-18(19-4-3-11-30-19)24-7-1-2-8-24/h3-6,11,14,18H,1-2,7-10,12-13,15H2,(H,23,26). The number of morpholine rings is 1. The molecular formula is C21H26ClN3O5S. The maximum absolute atomic E-state index is 13.0. The lowest BCUT2D eigenvalue weighted by Gasteiger charge is -2.27. The van der Waals surface area contributed by atoms with Gasteiger partial charge in [-0.1, -0.05) is 11.6 Å². The summed E-state index contributed by atoms with van der Waals surface area (Å²) in [5, 5.41) is 3.02. The molecule has 1 N–H and O–H groups in total. The van der Waals surface area contributed by atoms with E-state index in [1.165, 1.54) is 22.5 Å². The van der Waals surface area contributed by atoms with E-state index >= 15 is 0 Å². The lowest BCUT2D eigenvalue weighted by Crippen LogP contribution is -2.40. The topological polar surface area (TPSA) is 92.1 Å². The van der Waals surface area contributed by atoms with Crippen LogP contribution in [0.2, 0.25) is 5.02 Å². The number of amides is 1. The smallest absolute Gasteiger partial charge is 0.251 e. The lowest BCUT2D eigenvalue weighted by molar-refractivity contribution is 0.0730. The Morgan fingerprint density at radius 2 is 1.87 bits per heavy atom. The normalized spacial score (nSPS) is 19.4. The Morgan fingerprint density at radius 1 is 1.13 bits per heavy atom. The fourth-order valence-corrected chi connectivity index (χ4v) is 5.91. The molecule has 2 saturated heterocycles. The van der Waals surface area contributed by atoms with Gasteiger partial charge in [0.15, 0.2) is 0 Å². The summed E-state index contributed by atoms with van der Waals surface area (Å²) in [5.41, 5.74) is 0.246. The van der Waals surface area contributed by atoms with Crippen molar-refractivity contribution in [3.05, 3.63) is 52.9 Å². The molecule has 8 nitrogen and oxygen atoms in total. The first-order valence-electron chi connectivity index (χ1n) is 10.4. The van der Waals surface area contributed by atoms with Gasteiger partial charge in [0.05, 0.1) is 30.5 Å². The summed E-state index contributed by atoms with van der Waals surface area (Å²) >= 11 is 6.20. The van der Waals surface area contributed by atoms with Crippen LogP contribution in [0, 0.1) is 0 Å². The average molecular weight is 468 g/mol. The van der Waals surface area contributed by atoms with Gasteiger partial charge in [0.1, 0.15) is 10.7 Å². The number of likely N-dealkylation sites (tertiary alicyclic amines) is 1. The minimum Gasteiger partial charge on any atom is -0.468 e. The van der Waals surface area contributed by atoms with Crippen molar-refractivity contribution >= 4 is 27.5 Å². The molecule has 4 rings (SSSR count). The van der Waals surface area contributed by atoms with E-state index in [1.54, 1.807) is 6.26 Å². The fraction of sp³-hybridized carbons (Fsp3) is 0.476. The summed E-state index contributed by atoms with van der Waals surface area (Å²) in [5.74, 6) is 0.444. The summed E-state index contributed by atoms with van der Waals surface area (Å²) in [7, 11) is -3.81. The summed E-state index contributed by atoms with van der Waals surface area (Å²) in [6.45, 7) is 3.45. The Bertz CT molecular complexity index is 1000. The first-order chi connectivity index (χ1) is 15.0. The van der Waals surface area contributed by atoms with Crippen LogP contribution in [0.3, 0.4) is 0 Å². The van der Waals surface area contributed by atoms with Gasteiger partial charge >= 0.3 is 0 Å². The zero-order chi connectivity index (χ0) is 21.8. The number of ether oxygens (including phenoxy) is 1. The minimum absolute atomic E-state index is 0.0640. The molecule has 1 aromatic heterocycles. The zero-order valence-electron chi connectivity index (χ0n) is 17.1. The van der Waals surface area contributed by atoms with Crippen molar-refractivity contribution in [2.24, 2.45) is 0 Å². The Kier molecular flexibility index (Phi) is 6.98. The van der Waals surface area contributed by atoms with Gasteiger partial charge < -0.3 is 14.5 Å². The molecule has 2 aromatic rings. The summed E-state index contributed by atoms with van der Waals surface area (Å²) < 4.78 is 38.2. The lowest BCUT2D eigenvalue weighted by atomic mass is 10.1. The number of rotatable bonds is 7. The molecule has 1 unspecified atom stereocenters. The molecule has 168 valence electrons. The quantitative estimate of drug-likeness (QED) is 0.672. The molecule has 2 fully saturated rings. The fourth-order valence-electron chi connectivity index (χ4n) is 4.00. The molecule has 0 radical (unpaired) electrons. The van der Waals surface area contributed by atoms with Crippen LogP contribution in [0.15, 0.2) is 45.9 Å². The van der Waals surface area contributed by atoms with Crippen LogP contribution in [0.1, 0.15) is 35.0 Å². The number of hydrogen-bond acceptors (Lipinski definition) is 6. The third kappa shape index (κ3) is 4.96.